The van der Waals surface area contributed by atoms with Crippen molar-refractivity contribution in [2.45, 2.75) is 110 Å². The molecule has 3 aromatic heterocycles. The Bertz CT molecular complexity index is 4080. The number of aromatic hydroxyl groups is 1. The van der Waals surface area contributed by atoms with E-state index in [0.717, 1.165) is 79.0 Å². The summed E-state index contributed by atoms with van der Waals surface area (Å²) in [5, 5.41) is 29.6. The van der Waals surface area contributed by atoms with Crippen molar-refractivity contribution in [1.82, 2.24) is 50.7 Å². The molecule has 0 fully saturated rings. The summed E-state index contributed by atoms with van der Waals surface area (Å²) in [7, 11) is -0.657. The molecule has 7 N–H and O–H groups in total. The number of esters is 1. The van der Waals surface area contributed by atoms with Crippen LogP contribution in [0, 0.1) is 5.92 Å². The second kappa shape index (κ2) is 39.5. The van der Waals surface area contributed by atoms with E-state index in [0.29, 0.717) is 104 Å². The minimum Gasteiger partial charge on any atom is -0.508 e. The zero-order valence-corrected chi connectivity index (χ0v) is 62.3. The van der Waals surface area contributed by atoms with Gasteiger partial charge in [0.05, 0.1) is 154 Å². The number of aromatic nitrogens is 3. The van der Waals surface area contributed by atoms with Crippen LogP contribution in [0.1, 0.15) is 92.3 Å². The zero-order chi connectivity index (χ0) is 75.9. The van der Waals surface area contributed by atoms with Gasteiger partial charge in [-0.1, -0.05) is 34.3 Å². The van der Waals surface area contributed by atoms with Crippen molar-refractivity contribution in [3.05, 3.63) is 124 Å². The molecule has 106 heavy (non-hydrogen) atoms. The zero-order valence-electron chi connectivity index (χ0n) is 61.5. The number of ether oxygens (including phenoxy) is 10. The molecular formula is C74H101N11O20S. The monoisotopic (exact) mass is 1500 g/mol. The lowest BCUT2D eigenvalue weighted by molar-refractivity contribution is -0.132. The van der Waals surface area contributed by atoms with Crippen molar-refractivity contribution in [2.24, 2.45) is 5.92 Å². The van der Waals surface area contributed by atoms with Crippen LogP contribution >= 0.6 is 0 Å². The number of phenolic OH excluding ortho intramolecular Hbond substituents is 1. The number of nitrogens with one attached hydrogen (secondary N) is 5. The van der Waals surface area contributed by atoms with E-state index in [1.54, 1.807) is 56.4 Å². The third-order valence-corrected chi connectivity index (χ3v) is 19.4. The van der Waals surface area contributed by atoms with Crippen LogP contribution in [0.4, 0.5) is 5.69 Å². The molecule has 9 rings (SSSR count). The van der Waals surface area contributed by atoms with Gasteiger partial charge in [-0.05, 0) is 97.5 Å². The standard InChI is InChI=1S/C74H101N11O20S/c1-9-54-56-40-53(86)17-18-61(56)80-68-58(54)43-85-50(6)59-45-104-47-74(10-2,60(59)41-63(68)85)105-73(92)51-13-15-52(16-14-51)78-70(89)49(5)77-72(91)67(48(3)4)81-66(88)20-24-96-26-28-98-30-32-100-34-36-102-38-39-103-37-35-101-33-31-99-29-27-97-25-22-76-71(90)62(46-106(93,94)95)79-65(87)19-23-84-64-44-83(8)82(7)42-57(64)55-12-11-21-75-69(55)84/h11-18,21,40-41,48-49,62,67,86H,6,9-10,19-20,22-39,42-47H2,1-5,7-8H3,(H,76,90)(H,77,91)(H,78,89)(H,79,87)(H,81,88)(H,93,94,95)/t49-,62-,67-,74+/m0/s1. The van der Waals surface area contributed by atoms with E-state index in [2.05, 4.69) is 60.0 Å². The first-order valence-corrected chi connectivity index (χ1v) is 37.5. The number of carbonyl (C=O) groups is 6. The normalized spacial score (nSPS) is 16.8. The van der Waals surface area contributed by atoms with Crippen molar-refractivity contribution in [1.29, 1.82) is 0 Å². The topological polar surface area (TPSA) is 370 Å². The second-order valence-electron chi connectivity index (χ2n) is 26.4. The highest BCUT2D eigenvalue weighted by Crippen LogP contribution is 2.49. The largest absolute Gasteiger partial charge is 0.508 e. The van der Waals surface area contributed by atoms with Crippen LogP contribution in [0.15, 0.2) is 90.3 Å². The van der Waals surface area contributed by atoms with Crippen molar-refractivity contribution >= 4 is 78.9 Å². The van der Waals surface area contributed by atoms with Crippen LogP contribution in [0.2, 0.25) is 0 Å². The Kier molecular flexibility index (Phi) is 30.4. The van der Waals surface area contributed by atoms with Gasteiger partial charge in [0.15, 0.2) is 5.60 Å². The molecule has 2 aromatic carbocycles. The third kappa shape index (κ3) is 22.2. The second-order valence-corrected chi connectivity index (χ2v) is 27.9. The smallest absolute Gasteiger partial charge is 0.339 e. The highest BCUT2D eigenvalue weighted by Gasteiger charge is 2.46. The maximum absolute atomic E-state index is 14.0. The molecule has 0 aliphatic carbocycles. The first-order chi connectivity index (χ1) is 51.0. The molecular weight excluding hydrogens is 1390 g/mol. The highest BCUT2D eigenvalue weighted by atomic mass is 32.2. The van der Waals surface area contributed by atoms with Gasteiger partial charge in [0.25, 0.3) is 10.1 Å². The number of fused-ring (bicyclic) bond motifs is 7. The molecule has 0 saturated heterocycles. The number of hydrogen-bond donors (Lipinski definition) is 7. The number of benzene rings is 2. The first kappa shape index (κ1) is 81.7. The van der Waals surface area contributed by atoms with Gasteiger partial charge in [0.1, 0.15) is 35.3 Å². The molecule has 5 amide bonds. The summed E-state index contributed by atoms with van der Waals surface area (Å²) in [6, 6.07) is 11.9. The summed E-state index contributed by atoms with van der Waals surface area (Å²) in [6.07, 6.45) is 4.82. The number of pyridine rings is 2. The first-order valence-electron chi connectivity index (χ1n) is 35.9. The lowest BCUT2D eigenvalue weighted by Gasteiger charge is -2.42. The number of hydrogen-bond acceptors (Lipinski definition) is 24. The van der Waals surface area contributed by atoms with Gasteiger partial charge in [0.2, 0.25) is 29.5 Å². The quantitative estimate of drug-likeness (QED) is 0.0162. The molecule has 0 spiro atoms. The molecule has 578 valence electrons. The number of phenols is 1. The van der Waals surface area contributed by atoms with E-state index in [9.17, 15) is 46.8 Å². The van der Waals surface area contributed by atoms with Gasteiger partial charge in [-0.3, -0.25) is 28.5 Å². The van der Waals surface area contributed by atoms with Gasteiger partial charge in [-0.15, -0.1) is 0 Å². The Morgan fingerprint density at radius 3 is 1.91 bits per heavy atom. The number of anilines is 1. The molecule has 4 aliphatic rings. The van der Waals surface area contributed by atoms with Crippen molar-refractivity contribution in [3.63, 3.8) is 0 Å². The van der Waals surface area contributed by atoms with Crippen molar-refractivity contribution in [2.75, 3.05) is 151 Å². The minimum atomic E-state index is -4.61. The van der Waals surface area contributed by atoms with Crippen molar-refractivity contribution < 1.29 is 94.2 Å². The van der Waals surface area contributed by atoms with Gasteiger partial charge in [-0.2, -0.15) is 8.42 Å². The molecule has 0 saturated carbocycles. The van der Waals surface area contributed by atoms with Crippen LogP contribution in [-0.4, -0.2) is 252 Å². The summed E-state index contributed by atoms with van der Waals surface area (Å²) in [5.41, 5.74) is 9.40. The average molecular weight is 1500 g/mol. The molecule has 32 heteroatoms. The number of carbonyl (C=O) groups excluding carboxylic acids is 6. The Morgan fingerprint density at radius 2 is 1.30 bits per heavy atom. The predicted molar refractivity (Wildman–Crippen MR) is 391 cm³/mol. The molecule has 5 aromatic rings. The van der Waals surface area contributed by atoms with E-state index >= 15 is 0 Å². The maximum atomic E-state index is 14.0. The molecule has 0 bridgehead atoms. The van der Waals surface area contributed by atoms with E-state index in [1.165, 1.54) is 6.92 Å². The van der Waals surface area contributed by atoms with Crippen LogP contribution in [0.5, 0.6) is 5.75 Å². The molecule has 7 heterocycles. The van der Waals surface area contributed by atoms with E-state index < -0.39 is 75.1 Å². The Morgan fingerprint density at radius 1 is 0.698 bits per heavy atom. The van der Waals surface area contributed by atoms with Crippen LogP contribution in [0.25, 0.3) is 27.6 Å². The summed E-state index contributed by atoms with van der Waals surface area (Å²) >= 11 is 0. The molecule has 0 radical (unpaired) electrons. The molecule has 4 atom stereocenters. The average Bonchev–Trinajstić information content (AvgIpc) is 1.69. The maximum Gasteiger partial charge on any atom is 0.339 e. The summed E-state index contributed by atoms with van der Waals surface area (Å²) < 4.78 is 91.9. The third-order valence-electron chi connectivity index (χ3n) is 18.6. The molecule has 31 nitrogen and oxygen atoms in total. The van der Waals surface area contributed by atoms with E-state index in [-0.39, 0.29) is 89.4 Å². The number of amides is 5. The fourth-order valence-electron chi connectivity index (χ4n) is 12.8. The SMILES string of the molecule is C=C1C2=C(C=C3c4nc5ccc(O)cc5c(CC)c4CN13)[C@](CC)(OC(=O)c1ccc(NC(=O)[C@H](C)NC(=O)[C@@H](NC(=O)CCOCCOCCOCCOCCOCCOCCOCCOCCNC(=O)[C@H](CS(=O)(=O)O)NC(=O)CCn3c4c(c5cccnc53)CN(C)N(C)C4)C(C)C)cc1)COC2. The lowest BCUT2D eigenvalue weighted by Crippen LogP contribution is -2.53. The van der Waals surface area contributed by atoms with Crippen molar-refractivity contribution in [3.8, 4) is 5.75 Å². The number of aryl methyl sites for hydroxylation is 2. The Balaban J connectivity index is 0.543. The fourth-order valence-corrected chi connectivity index (χ4v) is 13.5. The number of hydrazine groups is 1. The van der Waals surface area contributed by atoms with Crippen LogP contribution in [-0.2, 0) is 114 Å². The van der Waals surface area contributed by atoms with E-state index in [4.69, 9.17) is 52.4 Å². The predicted octanol–water partition coefficient (Wildman–Crippen LogP) is 4.35. The summed E-state index contributed by atoms with van der Waals surface area (Å²) in [4.78, 5) is 91.4. The molecule has 0 unspecified atom stereocenters. The van der Waals surface area contributed by atoms with Crippen LogP contribution < -0.4 is 26.6 Å². The minimum absolute atomic E-state index is 0.00520. The lowest BCUT2D eigenvalue weighted by atomic mass is 9.82. The van der Waals surface area contributed by atoms with E-state index in [1.807, 2.05) is 49.9 Å². The van der Waals surface area contributed by atoms with Gasteiger partial charge in [0, 0.05) is 97.3 Å². The molecule has 4 aliphatic heterocycles. The summed E-state index contributed by atoms with van der Waals surface area (Å²) in [6.45, 7) is 20.8. The summed E-state index contributed by atoms with van der Waals surface area (Å²) in [5.74, 6) is -4.50. The fraction of sp³-hybridized carbons (Fsp3) is 0.541. The highest BCUT2D eigenvalue weighted by molar-refractivity contribution is 7.85. The van der Waals surface area contributed by atoms with Gasteiger partial charge < -0.3 is 88.5 Å². The van der Waals surface area contributed by atoms with Crippen LogP contribution in [0.3, 0.4) is 0 Å². The number of rotatable bonds is 44. The van der Waals surface area contributed by atoms with Gasteiger partial charge >= 0.3 is 5.97 Å². The Labute approximate surface area is 617 Å². The Hall–Kier alpha value is -8.35. The number of nitrogens with zero attached hydrogens (tertiary/aromatic N) is 6. The van der Waals surface area contributed by atoms with Gasteiger partial charge in [-0.25, -0.2) is 24.8 Å².